The lowest BCUT2D eigenvalue weighted by Crippen LogP contribution is -2.26. The largest absolute Gasteiger partial charge is 0.482 e. The maximum Gasteiger partial charge on any atom is 0.262 e. The van der Waals surface area contributed by atoms with Gasteiger partial charge in [-0.05, 0) is 36.1 Å². The van der Waals surface area contributed by atoms with Crippen molar-refractivity contribution in [2.45, 2.75) is 6.92 Å². The molecule has 22 heavy (non-hydrogen) atoms. The van der Waals surface area contributed by atoms with E-state index in [0.717, 1.165) is 33.1 Å². The second kappa shape index (κ2) is 5.23. The summed E-state index contributed by atoms with van der Waals surface area (Å²) in [5, 5.41) is 10.1. The van der Waals surface area contributed by atoms with E-state index in [1.807, 2.05) is 29.8 Å². The number of carbonyl (C=O) groups is 1. The number of aromatic nitrogens is 1. The van der Waals surface area contributed by atoms with Crippen LogP contribution in [0.4, 0.5) is 5.69 Å². The normalized spacial score (nSPS) is 13.4. The summed E-state index contributed by atoms with van der Waals surface area (Å²) in [4.78, 5) is 16.3. The van der Waals surface area contributed by atoms with E-state index < -0.39 is 0 Å². The molecule has 1 aliphatic rings. The van der Waals surface area contributed by atoms with E-state index in [1.165, 1.54) is 0 Å². The molecule has 0 bridgehead atoms. The molecule has 0 saturated carbocycles. The van der Waals surface area contributed by atoms with Crippen LogP contribution in [0.2, 0.25) is 0 Å². The van der Waals surface area contributed by atoms with Gasteiger partial charge in [0.25, 0.3) is 5.91 Å². The van der Waals surface area contributed by atoms with Crippen molar-refractivity contribution < 1.29 is 9.53 Å². The van der Waals surface area contributed by atoms with Crippen LogP contribution >= 0.6 is 22.7 Å². The van der Waals surface area contributed by atoms with Gasteiger partial charge in [-0.1, -0.05) is 0 Å². The first-order valence-corrected chi connectivity index (χ1v) is 8.59. The second-order valence-corrected chi connectivity index (χ2v) is 6.64. The van der Waals surface area contributed by atoms with E-state index in [2.05, 4.69) is 16.8 Å². The zero-order valence-corrected chi connectivity index (χ0v) is 13.4. The van der Waals surface area contributed by atoms with Crippen molar-refractivity contribution >= 4 is 34.3 Å². The highest BCUT2D eigenvalue weighted by Gasteiger charge is 2.20. The third-order valence-electron chi connectivity index (χ3n) is 3.60. The van der Waals surface area contributed by atoms with Gasteiger partial charge in [-0.15, -0.1) is 11.3 Å². The predicted octanol–water partition coefficient (Wildman–Crippen LogP) is 4.18. The lowest BCUT2D eigenvalue weighted by Gasteiger charge is -2.21. The summed E-state index contributed by atoms with van der Waals surface area (Å²) in [7, 11) is 0. The van der Waals surface area contributed by atoms with Gasteiger partial charge in [-0.3, -0.25) is 4.79 Å². The van der Waals surface area contributed by atoms with Crippen molar-refractivity contribution in [1.29, 1.82) is 0 Å². The third kappa shape index (κ3) is 2.20. The Bertz CT molecular complexity index is 853. The SMILES string of the molecule is Cc1c(-c2csc(-c3ccsc3)n2)ccc2c1NC(=O)CO2. The topological polar surface area (TPSA) is 51.2 Å². The van der Waals surface area contributed by atoms with Crippen LogP contribution in [0.1, 0.15) is 5.56 Å². The van der Waals surface area contributed by atoms with Gasteiger partial charge in [-0.25, -0.2) is 4.98 Å². The van der Waals surface area contributed by atoms with E-state index in [1.54, 1.807) is 22.7 Å². The van der Waals surface area contributed by atoms with Crippen LogP contribution in [0.5, 0.6) is 5.75 Å². The van der Waals surface area contributed by atoms with Crippen LogP contribution in [0.3, 0.4) is 0 Å². The minimum atomic E-state index is -0.120. The molecule has 110 valence electrons. The van der Waals surface area contributed by atoms with Crippen molar-refractivity contribution in [2.75, 3.05) is 11.9 Å². The maximum absolute atomic E-state index is 11.5. The molecule has 1 amide bonds. The number of rotatable bonds is 2. The Morgan fingerprint density at radius 1 is 1.27 bits per heavy atom. The summed E-state index contributed by atoms with van der Waals surface area (Å²) < 4.78 is 5.44. The molecule has 0 unspecified atom stereocenters. The fraction of sp³-hybridized carbons (Fsp3) is 0.125. The number of amides is 1. The van der Waals surface area contributed by atoms with Crippen LogP contribution in [0.15, 0.2) is 34.3 Å². The van der Waals surface area contributed by atoms with E-state index in [0.29, 0.717) is 5.75 Å². The zero-order valence-electron chi connectivity index (χ0n) is 11.8. The van der Waals surface area contributed by atoms with Gasteiger partial charge in [0.15, 0.2) is 6.61 Å². The standard InChI is InChI=1S/C16H12N2O2S2/c1-9-11(2-3-13-15(9)18-14(19)6-20-13)12-8-22-16(17-12)10-4-5-21-7-10/h2-5,7-8H,6H2,1H3,(H,18,19). The molecule has 3 heterocycles. The van der Waals surface area contributed by atoms with Crippen LogP contribution in [-0.4, -0.2) is 17.5 Å². The Balaban J connectivity index is 1.77. The summed E-state index contributed by atoms with van der Waals surface area (Å²) in [5.41, 5.74) is 4.81. The van der Waals surface area contributed by atoms with Gasteiger partial charge in [-0.2, -0.15) is 11.3 Å². The maximum atomic E-state index is 11.5. The average Bonchev–Trinajstić information content (AvgIpc) is 3.19. The van der Waals surface area contributed by atoms with Crippen molar-refractivity contribution in [2.24, 2.45) is 0 Å². The minimum absolute atomic E-state index is 0.0742. The molecule has 0 saturated heterocycles. The molecule has 0 aliphatic carbocycles. The van der Waals surface area contributed by atoms with Crippen LogP contribution in [0.25, 0.3) is 21.8 Å². The molecule has 0 radical (unpaired) electrons. The smallest absolute Gasteiger partial charge is 0.262 e. The molecule has 2 aromatic heterocycles. The Hall–Kier alpha value is -2.18. The lowest BCUT2D eigenvalue weighted by molar-refractivity contribution is -0.118. The molecular formula is C16H12N2O2S2. The number of hydrogen-bond donors (Lipinski definition) is 1. The molecule has 4 rings (SSSR count). The highest BCUT2D eigenvalue weighted by atomic mass is 32.1. The van der Waals surface area contributed by atoms with Gasteiger partial charge in [0.1, 0.15) is 10.8 Å². The molecular weight excluding hydrogens is 316 g/mol. The Labute approximate surface area is 135 Å². The first-order chi connectivity index (χ1) is 10.7. The second-order valence-electron chi connectivity index (χ2n) is 5.00. The number of thiazole rings is 1. The summed E-state index contributed by atoms with van der Waals surface area (Å²) in [5.74, 6) is 0.596. The minimum Gasteiger partial charge on any atom is -0.482 e. The number of fused-ring (bicyclic) bond motifs is 1. The zero-order chi connectivity index (χ0) is 15.1. The Kier molecular flexibility index (Phi) is 3.20. The van der Waals surface area contributed by atoms with Crippen molar-refractivity contribution in [1.82, 2.24) is 4.98 Å². The van der Waals surface area contributed by atoms with E-state index in [-0.39, 0.29) is 12.5 Å². The van der Waals surface area contributed by atoms with Gasteiger partial charge in [0, 0.05) is 21.9 Å². The summed E-state index contributed by atoms with van der Waals surface area (Å²) in [6, 6.07) is 5.96. The number of ether oxygens (including phenoxy) is 1. The Morgan fingerprint density at radius 3 is 3.00 bits per heavy atom. The van der Waals surface area contributed by atoms with Gasteiger partial charge in [0.05, 0.1) is 11.4 Å². The molecule has 0 atom stereocenters. The third-order valence-corrected chi connectivity index (χ3v) is 5.17. The number of thiophene rings is 1. The summed E-state index contributed by atoms with van der Waals surface area (Å²) >= 11 is 3.29. The summed E-state index contributed by atoms with van der Waals surface area (Å²) in [6.45, 7) is 2.05. The molecule has 0 fully saturated rings. The van der Waals surface area contributed by atoms with E-state index in [4.69, 9.17) is 9.72 Å². The molecule has 3 aromatic rings. The number of nitrogens with one attached hydrogen (secondary N) is 1. The van der Waals surface area contributed by atoms with Gasteiger partial charge in [0.2, 0.25) is 0 Å². The number of benzene rings is 1. The highest BCUT2D eigenvalue weighted by Crippen LogP contribution is 2.38. The molecule has 6 heteroatoms. The van der Waals surface area contributed by atoms with E-state index in [9.17, 15) is 4.79 Å². The van der Waals surface area contributed by atoms with Crippen LogP contribution < -0.4 is 10.1 Å². The molecule has 1 aliphatic heterocycles. The Morgan fingerprint density at radius 2 is 2.18 bits per heavy atom. The predicted molar refractivity (Wildman–Crippen MR) is 89.7 cm³/mol. The highest BCUT2D eigenvalue weighted by molar-refractivity contribution is 7.14. The van der Waals surface area contributed by atoms with Crippen LogP contribution in [-0.2, 0) is 4.79 Å². The first-order valence-electron chi connectivity index (χ1n) is 6.77. The quantitative estimate of drug-likeness (QED) is 0.768. The van der Waals surface area contributed by atoms with Crippen molar-refractivity contribution in [3.8, 4) is 27.6 Å². The number of carbonyl (C=O) groups excluding carboxylic acids is 1. The van der Waals surface area contributed by atoms with Crippen molar-refractivity contribution in [3.05, 3.63) is 39.9 Å². The molecule has 1 aromatic carbocycles. The fourth-order valence-electron chi connectivity index (χ4n) is 2.47. The first kappa shape index (κ1) is 13.5. The number of anilines is 1. The molecule has 0 spiro atoms. The van der Waals surface area contributed by atoms with Crippen molar-refractivity contribution in [3.63, 3.8) is 0 Å². The molecule has 1 N–H and O–H groups in total. The average molecular weight is 328 g/mol. The van der Waals surface area contributed by atoms with Gasteiger partial charge < -0.3 is 10.1 Å². The summed E-state index contributed by atoms with van der Waals surface area (Å²) in [6.07, 6.45) is 0. The molecule has 4 nitrogen and oxygen atoms in total. The number of hydrogen-bond acceptors (Lipinski definition) is 5. The fourth-order valence-corrected chi connectivity index (χ4v) is 4.01. The van der Waals surface area contributed by atoms with Crippen LogP contribution in [0, 0.1) is 6.92 Å². The lowest BCUT2D eigenvalue weighted by atomic mass is 10.0. The monoisotopic (exact) mass is 328 g/mol. The van der Waals surface area contributed by atoms with Gasteiger partial charge >= 0.3 is 0 Å². The number of nitrogens with zero attached hydrogens (tertiary/aromatic N) is 1. The van der Waals surface area contributed by atoms with E-state index >= 15 is 0 Å².